The highest BCUT2D eigenvalue weighted by molar-refractivity contribution is 6.28. The summed E-state index contributed by atoms with van der Waals surface area (Å²) < 4.78 is 159. The molecule has 0 aliphatic heterocycles. The van der Waals surface area contributed by atoms with Crippen molar-refractivity contribution >= 4 is 43.6 Å². The van der Waals surface area contributed by atoms with Crippen molar-refractivity contribution < 1.29 is 24.7 Å². The lowest BCUT2D eigenvalue weighted by Gasteiger charge is -2.11. The summed E-state index contributed by atoms with van der Waals surface area (Å²) in [7, 11) is 0. The SMILES string of the molecule is [2H]c1c([2H])c([2H])c(-c2c([2H])c([2H])c(-n3c4ccccc4c4c5c6ccccc6n(-c6c([2H])c([2H])c(-c7c([2H])c([2H])c([2H])c([2H])c7[2H])c([2H])c6[2H])c5ccc43)c([2H])c2[2H])c([2H])c1[2H]. The molecule has 2 aromatic heterocycles. The summed E-state index contributed by atoms with van der Waals surface area (Å²) in [4.78, 5) is 0. The van der Waals surface area contributed by atoms with Crippen LogP contribution >= 0.6 is 0 Å². The molecule has 0 radical (unpaired) electrons. The zero-order chi connectivity index (χ0) is 44.7. The van der Waals surface area contributed by atoms with E-state index >= 15 is 0 Å². The van der Waals surface area contributed by atoms with E-state index in [0.29, 0.717) is 43.6 Å². The van der Waals surface area contributed by atoms with E-state index in [2.05, 4.69) is 0 Å². The van der Waals surface area contributed by atoms with E-state index in [9.17, 15) is 5.48 Å². The number of aromatic nitrogens is 2. The van der Waals surface area contributed by atoms with Crippen LogP contribution in [-0.2, 0) is 0 Å². The molecule has 9 aromatic rings. The number of para-hydroxylation sites is 2. The Morgan fingerprint density at radius 3 is 1.11 bits per heavy atom. The second-order valence-corrected chi connectivity index (χ2v) is 10.0. The highest BCUT2D eigenvalue weighted by Gasteiger charge is 2.20. The fourth-order valence-electron chi connectivity index (χ4n) is 5.84. The lowest BCUT2D eigenvalue weighted by Crippen LogP contribution is -1.95. The number of nitrogens with zero attached hydrogens (tertiary/aromatic N) is 2. The van der Waals surface area contributed by atoms with Gasteiger partial charge in [0.05, 0.1) is 46.7 Å². The van der Waals surface area contributed by atoms with Crippen LogP contribution in [0.25, 0.3) is 77.2 Å². The van der Waals surface area contributed by atoms with Gasteiger partial charge in [-0.25, -0.2) is 0 Å². The summed E-state index contributed by atoms with van der Waals surface area (Å²) in [6.45, 7) is 0. The van der Waals surface area contributed by atoms with E-state index in [-0.39, 0.29) is 11.4 Å². The van der Waals surface area contributed by atoms with Crippen molar-refractivity contribution in [3.8, 4) is 33.6 Å². The standard InChI is InChI=1S/C42H28N2/c1-3-11-29(12-4-1)31-19-23-33(24-20-31)43-37-17-9-7-15-35(37)41-39(43)27-28-40-42(41)36-16-8-10-18-38(36)44(40)34-25-21-32(22-26-34)30-13-5-2-6-14-30/h1-28H/i1D,2D,3D,4D,5D,6D,11D,12D,13D,14D,19D,20D,21D,22D,23D,24D,25D,26D. The third kappa shape index (κ3) is 3.75. The molecule has 0 unspecified atom stereocenters. The van der Waals surface area contributed by atoms with Gasteiger partial charge >= 0.3 is 0 Å². The summed E-state index contributed by atoms with van der Waals surface area (Å²) in [5, 5.41) is 2.37. The van der Waals surface area contributed by atoms with Crippen LogP contribution in [0.2, 0.25) is 0 Å². The molecule has 7 aromatic carbocycles. The van der Waals surface area contributed by atoms with Crippen molar-refractivity contribution in [2.75, 3.05) is 0 Å². The lowest BCUT2D eigenvalue weighted by atomic mass is 10.1. The molecule has 2 heterocycles. The molecule has 0 spiro atoms. The van der Waals surface area contributed by atoms with E-state index < -0.39 is 131 Å². The van der Waals surface area contributed by atoms with Gasteiger partial charge in [0.1, 0.15) is 0 Å². The Labute approximate surface area is 281 Å². The summed E-state index contributed by atoms with van der Waals surface area (Å²) >= 11 is 0. The number of rotatable bonds is 4. The molecular weight excluding hydrogens is 532 g/mol. The minimum absolute atomic E-state index is 0.173. The Morgan fingerprint density at radius 1 is 0.341 bits per heavy atom. The van der Waals surface area contributed by atoms with Crippen LogP contribution in [0.4, 0.5) is 0 Å². The first-order valence-corrected chi connectivity index (χ1v) is 13.7. The van der Waals surface area contributed by atoms with Gasteiger partial charge in [0, 0.05) is 32.9 Å². The van der Waals surface area contributed by atoms with Gasteiger partial charge in [0.2, 0.25) is 0 Å². The summed E-state index contributed by atoms with van der Waals surface area (Å²) in [6.07, 6.45) is 0. The molecule has 0 amide bonds. The van der Waals surface area contributed by atoms with Crippen molar-refractivity contribution in [2.24, 2.45) is 0 Å². The fraction of sp³-hybridized carbons (Fsp3) is 0. The first-order chi connectivity index (χ1) is 29.3. The molecule has 9 rings (SSSR count). The average Bonchev–Trinajstić information content (AvgIpc) is 3.77. The van der Waals surface area contributed by atoms with E-state index in [0.717, 1.165) is 0 Å². The van der Waals surface area contributed by atoms with Crippen LogP contribution in [0, 0.1) is 0 Å². The van der Waals surface area contributed by atoms with Crippen LogP contribution in [0.15, 0.2) is 169 Å². The summed E-state index contributed by atoms with van der Waals surface area (Å²) in [5.41, 5.74) is -0.400. The quantitative estimate of drug-likeness (QED) is 0.197. The van der Waals surface area contributed by atoms with Gasteiger partial charge in [-0.15, -0.1) is 0 Å². The molecule has 0 aliphatic rings. The molecule has 0 saturated carbocycles. The molecule has 0 bridgehead atoms. The normalized spacial score (nSPS) is 17.4. The van der Waals surface area contributed by atoms with Crippen LogP contribution in [-0.4, -0.2) is 9.13 Å². The number of benzene rings is 7. The van der Waals surface area contributed by atoms with E-state index in [1.54, 1.807) is 57.7 Å². The molecule has 0 aliphatic carbocycles. The van der Waals surface area contributed by atoms with Gasteiger partial charge in [-0.05, 0) is 70.7 Å². The van der Waals surface area contributed by atoms with Crippen LogP contribution in [0.3, 0.4) is 0 Å². The third-order valence-corrected chi connectivity index (χ3v) is 7.64. The van der Waals surface area contributed by atoms with Gasteiger partial charge in [-0.2, -0.15) is 0 Å². The van der Waals surface area contributed by atoms with Gasteiger partial charge in [0.25, 0.3) is 0 Å². The van der Waals surface area contributed by atoms with Crippen molar-refractivity contribution in [1.29, 1.82) is 0 Å². The third-order valence-electron chi connectivity index (χ3n) is 7.64. The number of hydrogen-bond acceptors (Lipinski definition) is 0. The van der Waals surface area contributed by atoms with Crippen molar-refractivity contribution in [1.82, 2.24) is 9.13 Å². The minimum atomic E-state index is -0.689. The molecule has 44 heavy (non-hydrogen) atoms. The second-order valence-electron chi connectivity index (χ2n) is 10.0. The molecule has 2 nitrogen and oxygen atoms in total. The molecular formula is C42H28N2. The first kappa shape index (κ1) is 12.8. The summed E-state index contributed by atoms with van der Waals surface area (Å²) in [6, 6.07) is 5.97. The second kappa shape index (κ2) is 9.86. The molecule has 0 atom stereocenters. The van der Waals surface area contributed by atoms with E-state index in [4.69, 9.17) is 19.2 Å². The lowest BCUT2D eigenvalue weighted by molar-refractivity contribution is 1.17. The maximum atomic E-state index is 9.28. The predicted octanol–water partition coefficient (Wildman–Crippen LogP) is 11.2. The van der Waals surface area contributed by atoms with E-state index in [1.165, 1.54) is 0 Å². The monoisotopic (exact) mass is 578 g/mol. The molecule has 0 N–H and O–H groups in total. The Hall–Kier alpha value is -5.86. The minimum Gasteiger partial charge on any atom is -0.309 e. The van der Waals surface area contributed by atoms with Gasteiger partial charge in [-0.1, -0.05) is 121 Å². The molecule has 0 saturated heterocycles. The number of fused-ring (bicyclic) bond motifs is 7. The van der Waals surface area contributed by atoms with Gasteiger partial charge < -0.3 is 9.13 Å². The highest BCUT2D eigenvalue weighted by atomic mass is 15.0. The Morgan fingerprint density at radius 2 is 0.705 bits per heavy atom. The molecule has 2 heteroatoms. The maximum Gasteiger partial charge on any atom is 0.0645 e. The van der Waals surface area contributed by atoms with Gasteiger partial charge in [-0.3, -0.25) is 0 Å². The average molecular weight is 579 g/mol. The first-order valence-electron chi connectivity index (χ1n) is 22.7. The van der Waals surface area contributed by atoms with Crippen molar-refractivity contribution in [3.05, 3.63) is 169 Å². The zero-order valence-corrected chi connectivity index (χ0v) is 22.7. The summed E-state index contributed by atoms with van der Waals surface area (Å²) in [5.74, 6) is 0. The topological polar surface area (TPSA) is 9.86 Å². The van der Waals surface area contributed by atoms with Crippen LogP contribution in [0.1, 0.15) is 24.7 Å². The number of hydrogen-bond donors (Lipinski definition) is 0. The smallest absolute Gasteiger partial charge is 0.0645 e. The Bertz CT molecular complexity index is 3170. The molecule has 0 fully saturated rings. The Balaban J connectivity index is 1.37. The van der Waals surface area contributed by atoms with Crippen LogP contribution in [0.5, 0.6) is 0 Å². The molecule has 206 valence electrons. The largest absolute Gasteiger partial charge is 0.309 e. The van der Waals surface area contributed by atoms with Gasteiger partial charge in [0.15, 0.2) is 0 Å². The maximum absolute atomic E-state index is 9.28. The van der Waals surface area contributed by atoms with Crippen LogP contribution < -0.4 is 0 Å². The Kier molecular flexibility index (Phi) is 2.87. The van der Waals surface area contributed by atoms with Crippen molar-refractivity contribution in [3.63, 3.8) is 0 Å². The highest BCUT2D eigenvalue weighted by Crippen LogP contribution is 2.42. The van der Waals surface area contributed by atoms with E-state index in [1.807, 2.05) is 12.1 Å². The fourth-order valence-corrected chi connectivity index (χ4v) is 5.84. The zero-order valence-electron chi connectivity index (χ0n) is 40.7. The predicted molar refractivity (Wildman–Crippen MR) is 186 cm³/mol. The van der Waals surface area contributed by atoms with Crippen molar-refractivity contribution in [2.45, 2.75) is 0 Å².